The minimum atomic E-state index is -1.77. The fourth-order valence-electron chi connectivity index (χ4n) is 6.56. The Hall–Kier alpha value is -1.78. The van der Waals surface area contributed by atoms with E-state index in [0.29, 0.717) is 22.5 Å². The van der Waals surface area contributed by atoms with Gasteiger partial charge in [0, 0.05) is 36.9 Å². The van der Waals surface area contributed by atoms with Gasteiger partial charge in [0.25, 0.3) is 0 Å². The van der Waals surface area contributed by atoms with Crippen LogP contribution >= 0.6 is 0 Å². The number of anilines is 1. The van der Waals surface area contributed by atoms with Gasteiger partial charge in [-0.05, 0) is 53.6 Å². The first-order chi connectivity index (χ1) is 16.2. The predicted octanol–water partition coefficient (Wildman–Crippen LogP) is 8.47. The van der Waals surface area contributed by atoms with Gasteiger partial charge in [0.15, 0.2) is 8.32 Å². The summed E-state index contributed by atoms with van der Waals surface area (Å²) >= 11 is 0. The highest BCUT2D eigenvalue weighted by Crippen LogP contribution is 2.47. The lowest BCUT2D eigenvalue weighted by atomic mass is 9.93. The van der Waals surface area contributed by atoms with Crippen molar-refractivity contribution in [3.8, 4) is 5.75 Å². The van der Waals surface area contributed by atoms with Crippen molar-refractivity contribution >= 4 is 14.0 Å². The van der Waals surface area contributed by atoms with E-state index < -0.39 is 8.32 Å². The first-order valence-corrected chi connectivity index (χ1v) is 15.5. The van der Waals surface area contributed by atoms with Gasteiger partial charge in [-0.2, -0.15) is 0 Å². The van der Waals surface area contributed by atoms with Crippen LogP contribution < -0.4 is 9.64 Å². The van der Waals surface area contributed by atoms with Crippen molar-refractivity contribution in [2.24, 2.45) is 0 Å². The Morgan fingerprint density at radius 2 is 1.56 bits per heavy atom. The van der Waals surface area contributed by atoms with Crippen molar-refractivity contribution < 1.29 is 9.16 Å². The van der Waals surface area contributed by atoms with Crippen LogP contribution in [-0.4, -0.2) is 28.6 Å². The van der Waals surface area contributed by atoms with E-state index in [-0.39, 0.29) is 0 Å². The van der Waals surface area contributed by atoms with Crippen LogP contribution in [0.15, 0.2) is 42.5 Å². The van der Waals surface area contributed by atoms with Gasteiger partial charge in [0.2, 0.25) is 0 Å². The molecule has 0 saturated carbocycles. The second-order valence-corrected chi connectivity index (χ2v) is 16.5. The smallest absolute Gasteiger partial charge is 0.200 e. The Morgan fingerprint density at radius 3 is 2.15 bits per heavy atom. The second kappa shape index (κ2) is 11.8. The Balaban J connectivity index is 1.68. The number of rotatable bonds is 12. The summed E-state index contributed by atoms with van der Waals surface area (Å²) in [7, 11) is 0.0378. The van der Waals surface area contributed by atoms with E-state index in [1.165, 1.54) is 35.2 Å². The lowest BCUT2D eigenvalue weighted by molar-refractivity contribution is 0.267. The van der Waals surface area contributed by atoms with E-state index in [2.05, 4.69) is 95.8 Å². The van der Waals surface area contributed by atoms with Crippen molar-refractivity contribution in [1.82, 2.24) is 0 Å². The maximum atomic E-state index is 6.82. The van der Waals surface area contributed by atoms with Crippen LogP contribution in [-0.2, 0) is 11.0 Å². The zero-order valence-corrected chi connectivity index (χ0v) is 23.9. The van der Waals surface area contributed by atoms with Crippen LogP contribution in [0.2, 0.25) is 16.6 Å². The van der Waals surface area contributed by atoms with Crippen molar-refractivity contribution in [2.75, 3.05) is 25.2 Å². The third kappa shape index (κ3) is 5.54. The van der Waals surface area contributed by atoms with E-state index in [4.69, 9.17) is 9.16 Å². The van der Waals surface area contributed by atoms with Gasteiger partial charge in [-0.1, -0.05) is 84.4 Å². The molecule has 1 atom stereocenters. The molecule has 1 heterocycles. The van der Waals surface area contributed by atoms with Gasteiger partial charge in [-0.3, -0.25) is 0 Å². The van der Waals surface area contributed by atoms with Gasteiger partial charge in [-0.15, -0.1) is 0 Å². The SMILES string of the molecule is COc1ccc(C)c2c1C(CCCCO[Si](C(C)C)(C(C)C)C(C)C)CN2Cc1ccccc1. The molecule has 0 aromatic heterocycles. The third-order valence-corrected chi connectivity index (χ3v) is 14.1. The Labute approximate surface area is 210 Å². The molecular weight excluding hydrogens is 434 g/mol. The third-order valence-electron chi connectivity index (χ3n) is 7.99. The summed E-state index contributed by atoms with van der Waals surface area (Å²) in [6.07, 6.45) is 3.51. The van der Waals surface area contributed by atoms with Gasteiger partial charge >= 0.3 is 0 Å². The molecule has 4 heteroatoms. The molecule has 1 aliphatic rings. The molecule has 1 aliphatic heterocycles. The molecule has 0 spiro atoms. The summed E-state index contributed by atoms with van der Waals surface area (Å²) in [5, 5.41) is 0. The summed E-state index contributed by atoms with van der Waals surface area (Å²) in [5.74, 6) is 1.55. The minimum Gasteiger partial charge on any atom is -0.496 e. The van der Waals surface area contributed by atoms with E-state index in [0.717, 1.165) is 31.9 Å². The summed E-state index contributed by atoms with van der Waals surface area (Å²) < 4.78 is 12.7. The predicted molar refractivity (Wildman–Crippen MR) is 149 cm³/mol. The minimum absolute atomic E-state index is 0.510. The van der Waals surface area contributed by atoms with Gasteiger partial charge in [0.1, 0.15) is 5.75 Å². The van der Waals surface area contributed by atoms with Gasteiger partial charge < -0.3 is 14.1 Å². The number of unbranched alkanes of at least 4 members (excludes halogenated alkanes) is 1. The number of hydrogen-bond donors (Lipinski definition) is 0. The standard InChI is InChI=1S/C30H47NO2Si/c1-22(2)34(23(3)4,24(5)6)33-19-13-12-16-27-21-31(20-26-14-10-9-11-15-26)30-25(7)17-18-28(32-8)29(27)30/h9-11,14-15,17-18,22-24,27H,12-13,16,19-21H2,1-8H3. The molecule has 2 aromatic rings. The van der Waals surface area contributed by atoms with Crippen LogP contribution in [0.3, 0.4) is 0 Å². The lowest BCUT2D eigenvalue weighted by Crippen LogP contribution is -2.47. The van der Waals surface area contributed by atoms with Crippen molar-refractivity contribution in [2.45, 2.75) is 96.8 Å². The van der Waals surface area contributed by atoms with Crippen LogP contribution in [0, 0.1) is 6.92 Å². The maximum absolute atomic E-state index is 6.82. The Kier molecular flexibility index (Phi) is 9.28. The zero-order valence-electron chi connectivity index (χ0n) is 22.9. The van der Waals surface area contributed by atoms with Crippen LogP contribution in [0.25, 0.3) is 0 Å². The molecule has 0 fully saturated rings. The molecule has 1 unspecified atom stereocenters. The van der Waals surface area contributed by atoms with Crippen LogP contribution in [0.1, 0.15) is 83.4 Å². The molecule has 0 saturated heterocycles. The molecule has 3 rings (SSSR count). The molecule has 0 radical (unpaired) electrons. The fraction of sp³-hybridized carbons (Fsp3) is 0.600. The molecule has 2 aromatic carbocycles. The van der Waals surface area contributed by atoms with E-state index in [1.54, 1.807) is 0 Å². The monoisotopic (exact) mass is 481 g/mol. The number of methoxy groups -OCH3 is 1. The van der Waals surface area contributed by atoms with Crippen molar-refractivity contribution in [1.29, 1.82) is 0 Å². The summed E-state index contributed by atoms with van der Waals surface area (Å²) in [4.78, 5) is 2.57. The molecule has 0 N–H and O–H groups in total. The quantitative estimate of drug-likeness (QED) is 0.224. The number of aryl methyl sites for hydroxylation is 1. The molecule has 0 aliphatic carbocycles. The fourth-order valence-corrected chi connectivity index (χ4v) is 12.1. The number of hydrogen-bond acceptors (Lipinski definition) is 3. The lowest BCUT2D eigenvalue weighted by Gasteiger charge is -2.42. The van der Waals surface area contributed by atoms with E-state index >= 15 is 0 Å². The summed E-state index contributed by atoms with van der Waals surface area (Å²) in [6.45, 7) is 19.4. The highest BCUT2D eigenvalue weighted by molar-refractivity contribution is 6.77. The summed E-state index contributed by atoms with van der Waals surface area (Å²) in [5.41, 5.74) is 7.44. The molecular formula is C30H47NO2Si. The molecule has 188 valence electrons. The van der Waals surface area contributed by atoms with E-state index in [1.807, 2.05) is 7.11 Å². The van der Waals surface area contributed by atoms with Crippen LogP contribution in [0.5, 0.6) is 5.75 Å². The summed E-state index contributed by atoms with van der Waals surface area (Å²) in [6, 6.07) is 15.2. The van der Waals surface area contributed by atoms with Crippen molar-refractivity contribution in [3.05, 3.63) is 59.2 Å². The van der Waals surface area contributed by atoms with Crippen molar-refractivity contribution in [3.63, 3.8) is 0 Å². The Morgan fingerprint density at radius 1 is 0.912 bits per heavy atom. The average molecular weight is 482 g/mol. The zero-order chi connectivity index (χ0) is 24.9. The first-order valence-electron chi connectivity index (χ1n) is 13.3. The first kappa shape index (κ1) is 26.8. The van der Waals surface area contributed by atoms with Crippen LogP contribution in [0.4, 0.5) is 5.69 Å². The average Bonchev–Trinajstić information content (AvgIpc) is 3.15. The molecule has 0 bridgehead atoms. The molecule has 34 heavy (non-hydrogen) atoms. The largest absolute Gasteiger partial charge is 0.496 e. The Bertz CT molecular complexity index is 888. The number of benzene rings is 2. The highest BCUT2D eigenvalue weighted by Gasteiger charge is 2.44. The highest BCUT2D eigenvalue weighted by atomic mass is 28.4. The molecule has 0 amide bonds. The molecule has 3 nitrogen and oxygen atoms in total. The maximum Gasteiger partial charge on any atom is 0.200 e. The number of nitrogens with zero attached hydrogens (tertiary/aromatic N) is 1. The number of fused-ring (bicyclic) bond motifs is 1. The van der Waals surface area contributed by atoms with E-state index in [9.17, 15) is 0 Å². The normalized spacial score (nSPS) is 16.1. The second-order valence-electron chi connectivity index (χ2n) is 11.1. The van der Waals surface area contributed by atoms with Gasteiger partial charge in [-0.25, -0.2) is 0 Å². The van der Waals surface area contributed by atoms with Gasteiger partial charge in [0.05, 0.1) is 7.11 Å². The number of ether oxygens (including phenoxy) is 1. The topological polar surface area (TPSA) is 21.7 Å².